The molecule has 41 heavy (non-hydrogen) atoms. The number of rotatable bonds is 5. The third-order valence-corrected chi connectivity index (χ3v) is 7.82. The van der Waals surface area contributed by atoms with Gasteiger partial charge < -0.3 is 31.9 Å². The first-order chi connectivity index (χ1) is 19.7. The summed E-state index contributed by atoms with van der Waals surface area (Å²) in [6.07, 6.45) is 1.50. The fourth-order valence-electron chi connectivity index (χ4n) is 5.94. The fourth-order valence-corrected chi connectivity index (χ4v) is 5.94. The molecule has 208 valence electrons. The van der Waals surface area contributed by atoms with Gasteiger partial charge >= 0.3 is 5.96 Å². The van der Waals surface area contributed by atoms with Crippen molar-refractivity contribution in [1.29, 1.82) is 0 Å². The highest BCUT2D eigenvalue weighted by atomic mass is 16.5. The number of carbonyl (C=O) groups excluding carboxylic acids is 2. The van der Waals surface area contributed by atoms with E-state index in [9.17, 15) is 19.8 Å². The van der Waals surface area contributed by atoms with Crippen molar-refractivity contribution in [2.75, 3.05) is 13.1 Å². The van der Waals surface area contributed by atoms with Crippen LogP contribution in [0.4, 0.5) is 5.69 Å². The molecule has 1 aromatic heterocycles. The molecule has 4 heterocycles. The third kappa shape index (κ3) is 3.90. The van der Waals surface area contributed by atoms with Gasteiger partial charge in [-0.05, 0) is 29.0 Å². The largest absolute Gasteiger partial charge is 0.370 e. The minimum absolute atomic E-state index is 0.00131. The topological polar surface area (TPSA) is 207 Å². The van der Waals surface area contributed by atoms with Gasteiger partial charge in [-0.25, -0.2) is 14.4 Å². The lowest BCUT2D eigenvalue weighted by atomic mass is 9.85. The summed E-state index contributed by atoms with van der Waals surface area (Å²) in [4.78, 5) is 38.1. The molecule has 6 rings (SSSR count). The SMILES string of the molecule is [C-]#[N+]c1cccc2c(C(=O)NC3C[N+]4=C(N)N[C@@H](CNC(=O)c5ccccn5)[C@@H]5N=C(N)N[C@@]54C3(O)O)cccc12. The highest BCUT2D eigenvalue weighted by molar-refractivity contribution is 6.10. The van der Waals surface area contributed by atoms with Crippen LogP contribution in [-0.4, -0.2) is 86.2 Å². The molecule has 0 bridgehead atoms. The van der Waals surface area contributed by atoms with E-state index in [-0.39, 0.29) is 36.3 Å². The first-order valence-corrected chi connectivity index (χ1v) is 12.8. The first-order valence-electron chi connectivity index (χ1n) is 12.8. The van der Waals surface area contributed by atoms with Crippen molar-refractivity contribution in [3.63, 3.8) is 0 Å². The molecule has 3 aromatic rings. The van der Waals surface area contributed by atoms with Crippen molar-refractivity contribution in [1.82, 2.24) is 26.3 Å². The van der Waals surface area contributed by atoms with Crippen LogP contribution in [0.5, 0.6) is 0 Å². The summed E-state index contributed by atoms with van der Waals surface area (Å²) in [7, 11) is 0. The summed E-state index contributed by atoms with van der Waals surface area (Å²) < 4.78 is 1.48. The number of fused-ring (bicyclic) bond motifs is 1. The van der Waals surface area contributed by atoms with Gasteiger partial charge in [-0.15, -0.1) is 0 Å². The summed E-state index contributed by atoms with van der Waals surface area (Å²) in [5.74, 6) is -3.61. The van der Waals surface area contributed by atoms with Crippen LogP contribution < -0.4 is 32.7 Å². The maximum absolute atomic E-state index is 13.5. The highest BCUT2D eigenvalue weighted by Gasteiger charge is 2.75. The molecule has 2 aromatic carbocycles. The van der Waals surface area contributed by atoms with Gasteiger partial charge in [-0.1, -0.05) is 36.4 Å². The van der Waals surface area contributed by atoms with Crippen molar-refractivity contribution in [2.45, 2.75) is 29.6 Å². The first kappa shape index (κ1) is 26.0. The molecule has 1 fully saturated rings. The molecule has 3 aliphatic rings. The quantitative estimate of drug-likeness (QED) is 0.102. The average Bonchev–Trinajstić information content (AvgIpc) is 3.45. The van der Waals surface area contributed by atoms with Gasteiger partial charge in [0, 0.05) is 11.8 Å². The number of hydrogen-bond donors (Lipinski definition) is 8. The minimum Gasteiger partial charge on any atom is -0.370 e. The molecule has 1 saturated heterocycles. The van der Waals surface area contributed by atoms with Crippen molar-refractivity contribution >= 4 is 40.2 Å². The van der Waals surface area contributed by atoms with Gasteiger partial charge in [-0.2, -0.15) is 0 Å². The Balaban J connectivity index is 1.29. The molecule has 14 heteroatoms. The minimum atomic E-state index is -2.62. The van der Waals surface area contributed by atoms with Crippen molar-refractivity contribution in [3.8, 4) is 0 Å². The number of amides is 2. The Labute approximate surface area is 233 Å². The number of nitrogens with two attached hydrogens (primary N) is 2. The molecular formula is C27H27N10O4+. The van der Waals surface area contributed by atoms with E-state index in [4.69, 9.17) is 18.0 Å². The van der Waals surface area contributed by atoms with Crippen molar-refractivity contribution < 1.29 is 24.4 Å². The van der Waals surface area contributed by atoms with Crippen LogP contribution in [-0.2, 0) is 0 Å². The molecule has 14 nitrogen and oxygen atoms in total. The van der Waals surface area contributed by atoms with Gasteiger partial charge in [0.05, 0.1) is 19.7 Å². The Morgan fingerprint density at radius 3 is 2.63 bits per heavy atom. The second-order valence-corrected chi connectivity index (χ2v) is 10.1. The van der Waals surface area contributed by atoms with Crippen LogP contribution in [0.3, 0.4) is 0 Å². The normalized spacial score (nSPS) is 25.7. The van der Waals surface area contributed by atoms with Crippen LogP contribution in [0.2, 0.25) is 0 Å². The van der Waals surface area contributed by atoms with Crippen molar-refractivity contribution in [2.24, 2.45) is 16.5 Å². The van der Waals surface area contributed by atoms with Gasteiger partial charge in [-0.3, -0.25) is 25.6 Å². The summed E-state index contributed by atoms with van der Waals surface area (Å²) in [5, 5.41) is 36.0. The fraction of sp³-hybridized carbons (Fsp3) is 0.259. The maximum Gasteiger partial charge on any atom is 0.346 e. The lowest BCUT2D eigenvalue weighted by molar-refractivity contribution is -0.623. The molecular weight excluding hydrogens is 528 g/mol. The van der Waals surface area contributed by atoms with Crippen molar-refractivity contribution in [3.05, 3.63) is 83.5 Å². The predicted molar refractivity (Wildman–Crippen MR) is 148 cm³/mol. The Bertz CT molecular complexity index is 1680. The van der Waals surface area contributed by atoms with E-state index < -0.39 is 41.4 Å². The molecule has 0 saturated carbocycles. The Morgan fingerprint density at radius 2 is 1.88 bits per heavy atom. The summed E-state index contributed by atoms with van der Waals surface area (Å²) in [6.45, 7) is 7.32. The number of benzene rings is 2. The van der Waals surface area contributed by atoms with E-state index in [0.717, 1.165) is 0 Å². The molecule has 0 aliphatic carbocycles. The zero-order valence-corrected chi connectivity index (χ0v) is 21.6. The zero-order valence-electron chi connectivity index (χ0n) is 21.6. The average molecular weight is 556 g/mol. The lowest BCUT2D eigenvalue weighted by Crippen LogP contribution is -2.79. The number of aliphatic hydroxyl groups is 2. The zero-order chi connectivity index (χ0) is 28.9. The number of guanidine groups is 2. The van der Waals surface area contributed by atoms with E-state index in [2.05, 4.69) is 36.1 Å². The third-order valence-electron chi connectivity index (χ3n) is 7.82. The number of pyridine rings is 1. The van der Waals surface area contributed by atoms with Gasteiger partial charge in [0.25, 0.3) is 11.8 Å². The molecule has 3 aliphatic heterocycles. The summed E-state index contributed by atoms with van der Waals surface area (Å²) in [5.41, 5.74) is 11.5. The van der Waals surface area contributed by atoms with Crippen LogP contribution in [0, 0.1) is 6.57 Å². The van der Waals surface area contributed by atoms with Crippen LogP contribution in [0.25, 0.3) is 15.6 Å². The molecule has 0 radical (unpaired) electrons. The second-order valence-electron chi connectivity index (χ2n) is 10.1. The Kier molecular flexibility index (Phi) is 5.98. The second kappa shape index (κ2) is 9.44. The van der Waals surface area contributed by atoms with E-state index in [1.54, 1.807) is 54.6 Å². The Hall–Kier alpha value is -5.26. The molecule has 10 N–H and O–H groups in total. The maximum atomic E-state index is 13.5. The van der Waals surface area contributed by atoms with E-state index >= 15 is 0 Å². The summed E-state index contributed by atoms with van der Waals surface area (Å²) >= 11 is 0. The number of nitrogens with zero attached hydrogens (tertiary/aromatic N) is 4. The lowest BCUT2D eigenvalue weighted by Gasteiger charge is -2.43. The molecule has 2 amide bonds. The van der Waals surface area contributed by atoms with E-state index in [1.165, 1.54) is 10.8 Å². The number of nitrogens with one attached hydrogen (secondary N) is 4. The molecule has 4 atom stereocenters. The van der Waals surface area contributed by atoms with Crippen LogP contribution >= 0.6 is 0 Å². The standard InChI is InChI=1S/C27H26N10O4/c1-30-17-10-5-6-14-15(17)7-4-8-16(14)22(38)34-20-13-37-25(29)33-19(12-32-23(39)18-9-2-3-11-31-18)21-26(37,27(20,40)41)36-24(28)35-21/h2-11,19-21,40-41H,12-13H2,(H7,28,29,32,33,34,35,36,38,39)/p+1/t19-,20?,21-,26-/m0/s1. The summed E-state index contributed by atoms with van der Waals surface area (Å²) in [6, 6.07) is 12.1. The van der Waals surface area contributed by atoms with Gasteiger partial charge in [0.1, 0.15) is 23.8 Å². The van der Waals surface area contributed by atoms with Gasteiger partial charge in [0.15, 0.2) is 11.6 Å². The number of aromatic nitrogens is 1. The smallest absolute Gasteiger partial charge is 0.346 e. The number of hydrogen-bond acceptors (Lipinski definition) is 10. The Morgan fingerprint density at radius 1 is 1.10 bits per heavy atom. The highest BCUT2D eigenvalue weighted by Crippen LogP contribution is 2.41. The molecule has 1 unspecified atom stereocenters. The predicted octanol–water partition coefficient (Wildman–Crippen LogP) is -1.71. The number of carbonyl (C=O) groups is 2. The number of aliphatic imine (C=N–C) groups is 1. The van der Waals surface area contributed by atoms with E-state index in [1.807, 2.05) is 0 Å². The monoisotopic (exact) mass is 555 g/mol. The van der Waals surface area contributed by atoms with Gasteiger partial charge in [0.2, 0.25) is 11.4 Å². The molecule has 1 spiro atoms. The van der Waals surface area contributed by atoms with Crippen LogP contribution in [0.1, 0.15) is 20.8 Å². The van der Waals surface area contributed by atoms with E-state index in [0.29, 0.717) is 16.5 Å². The van der Waals surface area contributed by atoms with Crippen LogP contribution in [0.15, 0.2) is 65.8 Å².